The average molecular weight is 238 g/mol. The van der Waals surface area contributed by atoms with Crippen molar-refractivity contribution in [3.8, 4) is 16.9 Å². The number of hydrogen-bond donors (Lipinski definition) is 0. The molecule has 0 N–H and O–H groups in total. The van der Waals surface area contributed by atoms with E-state index in [1.165, 1.54) is 25.3 Å². The Morgan fingerprint density at radius 1 is 0.882 bits per heavy atom. The molecule has 0 spiro atoms. The lowest BCUT2D eigenvalue weighted by Crippen LogP contribution is -1.92. The maximum Gasteiger partial charge on any atom is 0.165 e. The molecule has 0 saturated heterocycles. The Labute approximate surface area is 96.5 Å². The van der Waals surface area contributed by atoms with Crippen molar-refractivity contribution >= 4 is 0 Å². The van der Waals surface area contributed by atoms with Crippen LogP contribution in [-0.4, -0.2) is 7.11 Å². The van der Waals surface area contributed by atoms with Crippen LogP contribution >= 0.6 is 0 Å². The lowest BCUT2D eigenvalue weighted by molar-refractivity contribution is 0.386. The SMILES string of the molecule is COc1cc(-c2c(F)cccc2F)ccc1F. The number of halogens is 3. The molecule has 0 saturated carbocycles. The number of benzene rings is 2. The maximum absolute atomic E-state index is 13.5. The van der Waals surface area contributed by atoms with E-state index in [1.54, 1.807) is 0 Å². The monoisotopic (exact) mass is 238 g/mol. The van der Waals surface area contributed by atoms with Crippen molar-refractivity contribution in [2.24, 2.45) is 0 Å². The highest BCUT2D eigenvalue weighted by Crippen LogP contribution is 2.30. The van der Waals surface area contributed by atoms with Gasteiger partial charge in [-0.05, 0) is 29.8 Å². The molecule has 0 radical (unpaired) electrons. The first-order valence-corrected chi connectivity index (χ1v) is 4.91. The Bertz CT molecular complexity index is 532. The summed E-state index contributed by atoms with van der Waals surface area (Å²) in [5, 5.41) is 0. The van der Waals surface area contributed by atoms with E-state index in [0.717, 1.165) is 18.2 Å². The van der Waals surface area contributed by atoms with Crippen molar-refractivity contribution in [3.63, 3.8) is 0 Å². The van der Waals surface area contributed by atoms with Gasteiger partial charge in [-0.1, -0.05) is 12.1 Å². The largest absolute Gasteiger partial charge is 0.494 e. The van der Waals surface area contributed by atoms with Crippen molar-refractivity contribution in [3.05, 3.63) is 53.8 Å². The number of rotatable bonds is 2. The van der Waals surface area contributed by atoms with Crippen molar-refractivity contribution in [2.75, 3.05) is 7.11 Å². The highest BCUT2D eigenvalue weighted by atomic mass is 19.1. The van der Waals surface area contributed by atoms with Gasteiger partial charge >= 0.3 is 0 Å². The molecule has 0 aliphatic carbocycles. The first kappa shape index (κ1) is 11.5. The van der Waals surface area contributed by atoms with Crippen LogP contribution in [0.2, 0.25) is 0 Å². The third kappa shape index (κ3) is 2.11. The molecular weight excluding hydrogens is 229 g/mol. The second-order valence-electron chi connectivity index (χ2n) is 3.45. The fourth-order valence-electron chi connectivity index (χ4n) is 1.59. The Morgan fingerprint density at radius 3 is 2.12 bits per heavy atom. The summed E-state index contributed by atoms with van der Waals surface area (Å²) in [6.07, 6.45) is 0. The smallest absolute Gasteiger partial charge is 0.165 e. The summed E-state index contributed by atoms with van der Waals surface area (Å²) >= 11 is 0. The van der Waals surface area contributed by atoms with Crippen LogP contribution in [0.15, 0.2) is 36.4 Å². The minimum atomic E-state index is -0.696. The Kier molecular flexibility index (Phi) is 3.04. The third-order valence-electron chi connectivity index (χ3n) is 2.40. The van der Waals surface area contributed by atoms with Crippen molar-refractivity contribution < 1.29 is 17.9 Å². The molecule has 2 aromatic carbocycles. The highest BCUT2D eigenvalue weighted by Gasteiger charge is 2.13. The van der Waals surface area contributed by atoms with Crippen LogP contribution in [0, 0.1) is 17.5 Å². The molecule has 0 bridgehead atoms. The molecule has 0 heterocycles. The van der Waals surface area contributed by atoms with E-state index in [1.807, 2.05) is 0 Å². The van der Waals surface area contributed by atoms with Gasteiger partial charge in [0, 0.05) is 0 Å². The summed E-state index contributed by atoms with van der Waals surface area (Å²) in [6.45, 7) is 0. The van der Waals surface area contributed by atoms with Gasteiger partial charge in [0.15, 0.2) is 11.6 Å². The first-order valence-electron chi connectivity index (χ1n) is 4.91. The summed E-state index contributed by atoms with van der Waals surface area (Å²) < 4.78 is 44.9. The van der Waals surface area contributed by atoms with Gasteiger partial charge in [-0.2, -0.15) is 0 Å². The zero-order valence-corrected chi connectivity index (χ0v) is 9.01. The van der Waals surface area contributed by atoms with Gasteiger partial charge in [0.2, 0.25) is 0 Å². The minimum absolute atomic E-state index is 0.0508. The molecule has 0 amide bonds. The molecule has 0 fully saturated rings. The van der Waals surface area contributed by atoms with Crippen molar-refractivity contribution in [1.82, 2.24) is 0 Å². The summed E-state index contributed by atoms with van der Waals surface area (Å²) in [4.78, 5) is 0. The van der Waals surface area contributed by atoms with Crippen LogP contribution in [0.25, 0.3) is 11.1 Å². The highest BCUT2D eigenvalue weighted by molar-refractivity contribution is 5.66. The number of methoxy groups -OCH3 is 1. The van der Waals surface area contributed by atoms with E-state index < -0.39 is 17.5 Å². The van der Waals surface area contributed by atoms with Crippen molar-refractivity contribution in [2.45, 2.75) is 0 Å². The fraction of sp³-hybridized carbons (Fsp3) is 0.0769. The molecule has 88 valence electrons. The lowest BCUT2D eigenvalue weighted by Gasteiger charge is -2.07. The molecule has 0 aromatic heterocycles. The van der Waals surface area contributed by atoms with E-state index in [4.69, 9.17) is 4.74 Å². The third-order valence-corrected chi connectivity index (χ3v) is 2.40. The standard InChI is InChI=1S/C13H9F3O/c1-17-12-7-8(5-6-9(12)14)13-10(15)3-2-4-11(13)16/h2-7H,1H3. The van der Waals surface area contributed by atoms with Gasteiger partial charge in [0.25, 0.3) is 0 Å². The van der Waals surface area contributed by atoms with E-state index in [9.17, 15) is 13.2 Å². The van der Waals surface area contributed by atoms with Crippen LogP contribution in [0.5, 0.6) is 5.75 Å². The van der Waals surface area contributed by atoms with Gasteiger partial charge < -0.3 is 4.74 Å². The lowest BCUT2D eigenvalue weighted by atomic mass is 10.0. The maximum atomic E-state index is 13.5. The minimum Gasteiger partial charge on any atom is -0.494 e. The Balaban J connectivity index is 2.61. The quantitative estimate of drug-likeness (QED) is 0.773. The van der Waals surface area contributed by atoms with Gasteiger partial charge in [-0.3, -0.25) is 0 Å². The van der Waals surface area contributed by atoms with E-state index >= 15 is 0 Å². The molecule has 0 aliphatic heterocycles. The molecule has 0 aliphatic rings. The van der Waals surface area contributed by atoms with Crippen LogP contribution in [0.3, 0.4) is 0 Å². The zero-order valence-electron chi connectivity index (χ0n) is 9.01. The second kappa shape index (κ2) is 4.49. The van der Waals surface area contributed by atoms with E-state index in [-0.39, 0.29) is 16.9 Å². The molecule has 0 atom stereocenters. The Morgan fingerprint density at radius 2 is 1.53 bits per heavy atom. The fourth-order valence-corrected chi connectivity index (χ4v) is 1.59. The average Bonchev–Trinajstić information content (AvgIpc) is 2.31. The molecule has 4 heteroatoms. The summed E-state index contributed by atoms with van der Waals surface area (Å²) in [5.74, 6) is -2.02. The molecule has 1 nitrogen and oxygen atoms in total. The molecular formula is C13H9F3O. The molecule has 17 heavy (non-hydrogen) atoms. The Hall–Kier alpha value is -1.97. The first-order chi connectivity index (χ1) is 8.13. The normalized spacial score (nSPS) is 10.4. The molecule has 2 rings (SSSR count). The van der Waals surface area contributed by atoms with Crippen LogP contribution in [-0.2, 0) is 0 Å². The van der Waals surface area contributed by atoms with Crippen LogP contribution in [0.4, 0.5) is 13.2 Å². The van der Waals surface area contributed by atoms with Crippen molar-refractivity contribution in [1.29, 1.82) is 0 Å². The topological polar surface area (TPSA) is 9.23 Å². The predicted molar refractivity (Wildman–Crippen MR) is 58.3 cm³/mol. The van der Waals surface area contributed by atoms with Gasteiger partial charge in [-0.15, -0.1) is 0 Å². The van der Waals surface area contributed by atoms with Crippen LogP contribution < -0.4 is 4.74 Å². The van der Waals surface area contributed by atoms with Gasteiger partial charge in [0.1, 0.15) is 11.6 Å². The number of ether oxygens (including phenoxy) is 1. The predicted octanol–water partition coefficient (Wildman–Crippen LogP) is 3.78. The number of hydrogen-bond acceptors (Lipinski definition) is 1. The summed E-state index contributed by atoms with van der Waals surface area (Å²) in [7, 11) is 1.29. The van der Waals surface area contributed by atoms with Crippen LogP contribution in [0.1, 0.15) is 0 Å². The van der Waals surface area contributed by atoms with E-state index in [0.29, 0.717) is 0 Å². The van der Waals surface area contributed by atoms with E-state index in [2.05, 4.69) is 0 Å². The second-order valence-corrected chi connectivity index (χ2v) is 3.45. The zero-order chi connectivity index (χ0) is 12.4. The van der Waals surface area contributed by atoms with Gasteiger partial charge in [-0.25, -0.2) is 13.2 Å². The summed E-state index contributed by atoms with van der Waals surface area (Å²) in [5.41, 5.74) is 0.0460. The summed E-state index contributed by atoms with van der Waals surface area (Å²) in [6, 6.07) is 7.24. The van der Waals surface area contributed by atoms with Gasteiger partial charge in [0.05, 0.1) is 12.7 Å². The molecule has 0 unspecified atom stereocenters. The molecule has 2 aromatic rings.